The average Bonchev–Trinajstić information content (AvgIpc) is 2.46. The van der Waals surface area contributed by atoms with Gasteiger partial charge in [-0.3, -0.25) is 9.69 Å². The first kappa shape index (κ1) is 20.8. The predicted octanol–water partition coefficient (Wildman–Crippen LogP) is 0.337. The lowest BCUT2D eigenvalue weighted by Gasteiger charge is -2.23. The van der Waals surface area contributed by atoms with E-state index in [-0.39, 0.29) is 44.6 Å². The molecule has 0 spiro atoms. The van der Waals surface area contributed by atoms with Crippen LogP contribution in [0.15, 0.2) is 24.3 Å². The number of Topliss-reactive ketones (excluding diaryl/α,β-unsaturated/α-hetero) is 1. The van der Waals surface area contributed by atoms with Crippen LogP contribution < -0.4 is 4.74 Å². The maximum atomic E-state index is 11.5. The number of aliphatic hydroxyl groups is 3. The Morgan fingerprint density at radius 2 is 1.82 bits per heavy atom. The summed E-state index contributed by atoms with van der Waals surface area (Å²) in [5.41, 5.74) is 0.479. The van der Waals surface area contributed by atoms with Crippen LogP contribution in [0.5, 0.6) is 5.75 Å². The van der Waals surface area contributed by atoms with Gasteiger partial charge < -0.3 is 20.1 Å². The van der Waals surface area contributed by atoms with Gasteiger partial charge in [0.15, 0.2) is 5.78 Å². The van der Waals surface area contributed by atoms with Crippen molar-refractivity contribution in [2.24, 2.45) is 0 Å². The minimum Gasteiger partial charge on any atom is -0.490 e. The highest BCUT2D eigenvalue weighted by atomic mass is 35.5. The molecule has 0 aliphatic heterocycles. The van der Waals surface area contributed by atoms with Crippen molar-refractivity contribution in [3.63, 3.8) is 0 Å². The molecule has 1 rings (SSSR count). The molecule has 0 aromatic heterocycles. The molecule has 3 N–H and O–H groups in total. The molecule has 1 aromatic carbocycles. The number of hydrogen-bond acceptors (Lipinski definition) is 6. The number of halogens is 1. The number of carbonyl (C=O) groups excluding carboxylic acids is 1. The molecule has 7 heteroatoms. The van der Waals surface area contributed by atoms with E-state index < -0.39 is 6.10 Å². The molecule has 0 saturated carbocycles. The Balaban J connectivity index is 0.00000441. The first-order valence-electron chi connectivity index (χ1n) is 6.93. The number of hydrogen-bond donors (Lipinski definition) is 3. The molecule has 0 bridgehead atoms. The van der Waals surface area contributed by atoms with Crippen molar-refractivity contribution in [2.75, 3.05) is 39.5 Å². The van der Waals surface area contributed by atoms with Crippen molar-refractivity contribution in [1.82, 2.24) is 4.90 Å². The molecule has 1 atom stereocenters. The van der Waals surface area contributed by atoms with Crippen LogP contribution in [0.25, 0.3) is 0 Å². The van der Waals surface area contributed by atoms with E-state index >= 15 is 0 Å². The number of rotatable bonds is 10. The fourth-order valence-corrected chi connectivity index (χ4v) is 2.00. The monoisotopic (exact) mass is 333 g/mol. The number of nitrogens with zero attached hydrogens (tertiary/aromatic N) is 1. The van der Waals surface area contributed by atoms with Crippen molar-refractivity contribution in [3.05, 3.63) is 29.8 Å². The average molecular weight is 334 g/mol. The Hall–Kier alpha value is -1.18. The molecular weight excluding hydrogens is 310 g/mol. The van der Waals surface area contributed by atoms with E-state index in [0.717, 1.165) is 0 Å². The Morgan fingerprint density at radius 1 is 1.23 bits per heavy atom. The molecule has 1 aromatic rings. The highest BCUT2D eigenvalue weighted by Gasteiger charge is 2.13. The first-order valence-corrected chi connectivity index (χ1v) is 6.93. The summed E-state index contributed by atoms with van der Waals surface area (Å²) >= 11 is 0. The topological polar surface area (TPSA) is 90.2 Å². The van der Waals surface area contributed by atoms with E-state index in [2.05, 4.69) is 0 Å². The van der Waals surface area contributed by atoms with Gasteiger partial charge in [0.1, 0.15) is 18.5 Å². The van der Waals surface area contributed by atoms with E-state index in [4.69, 9.17) is 14.9 Å². The normalized spacial score (nSPS) is 11.9. The van der Waals surface area contributed by atoms with Crippen molar-refractivity contribution < 1.29 is 24.9 Å². The molecule has 0 fully saturated rings. The number of ether oxygens (including phenoxy) is 1. The summed E-state index contributed by atoms with van der Waals surface area (Å²) in [5, 5.41) is 27.8. The van der Waals surface area contributed by atoms with E-state index in [1.807, 2.05) is 0 Å². The zero-order chi connectivity index (χ0) is 15.7. The summed E-state index contributed by atoms with van der Waals surface area (Å²) in [7, 11) is 0. The molecule has 0 aliphatic carbocycles. The number of benzene rings is 1. The van der Waals surface area contributed by atoms with Gasteiger partial charge in [-0.25, -0.2) is 0 Å². The van der Waals surface area contributed by atoms with Crippen LogP contribution in [-0.2, 0) is 0 Å². The lowest BCUT2D eigenvalue weighted by molar-refractivity contribution is 0.0547. The molecule has 22 heavy (non-hydrogen) atoms. The highest BCUT2D eigenvalue weighted by molar-refractivity contribution is 5.96. The van der Waals surface area contributed by atoms with Gasteiger partial charge in [0, 0.05) is 19.6 Å². The largest absolute Gasteiger partial charge is 0.490 e. The molecule has 0 aliphatic rings. The van der Waals surface area contributed by atoms with Gasteiger partial charge in [0.2, 0.25) is 0 Å². The number of aliphatic hydroxyl groups excluding tert-OH is 3. The van der Waals surface area contributed by atoms with Crippen LogP contribution in [0.2, 0.25) is 0 Å². The maximum Gasteiger partial charge on any atom is 0.163 e. The smallest absolute Gasteiger partial charge is 0.163 e. The van der Waals surface area contributed by atoms with Gasteiger partial charge in [0.05, 0.1) is 18.8 Å². The van der Waals surface area contributed by atoms with Gasteiger partial charge >= 0.3 is 0 Å². The lowest BCUT2D eigenvalue weighted by Crippen LogP contribution is -2.38. The number of ketones is 1. The summed E-state index contributed by atoms with van der Waals surface area (Å²) in [5.74, 6) is 0.349. The summed E-state index contributed by atoms with van der Waals surface area (Å²) < 4.78 is 5.49. The quantitative estimate of drug-likeness (QED) is 0.535. The summed E-state index contributed by atoms with van der Waals surface area (Å²) in [6.45, 7) is 2.45. The Bertz CT molecular complexity index is 438. The number of carbonyl (C=O) groups is 1. The second-order valence-corrected chi connectivity index (χ2v) is 4.76. The Labute approximate surface area is 136 Å². The van der Waals surface area contributed by atoms with Crippen LogP contribution in [-0.4, -0.2) is 71.6 Å². The Kier molecular flexibility index (Phi) is 10.8. The molecule has 0 heterocycles. The van der Waals surface area contributed by atoms with Crippen LogP contribution >= 0.6 is 12.4 Å². The third kappa shape index (κ3) is 7.20. The van der Waals surface area contributed by atoms with Crippen LogP contribution in [0.4, 0.5) is 0 Å². The number of para-hydroxylation sites is 1. The molecule has 1 unspecified atom stereocenters. The van der Waals surface area contributed by atoms with Crippen LogP contribution in [0.1, 0.15) is 17.3 Å². The SMILES string of the molecule is CC(=O)c1ccccc1OCC(O)CN(CCO)CCO.Cl. The second kappa shape index (κ2) is 11.4. The van der Waals surface area contributed by atoms with E-state index in [1.165, 1.54) is 6.92 Å². The zero-order valence-corrected chi connectivity index (χ0v) is 13.5. The van der Waals surface area contributed by atoms with Crippen molar-refractivity contribution in [2.45, 2.75) is 13.0 Å². The van der Waals surface area contributed by atoms with Gasteiger partial charge in [-0.2, -0.15) is 0 Å². The molecule has 0 saturated heterocycles. The zero-order valence-electron chi connectivity index (χ0n) is 12.6. The van der Waals surface area contributed by atoms with E-state index in [0.29, 0.717) is 24.4 Å². The lowest BCUT2D eigenvalue weighted by atomic mass is 10.1. The minimum absolute atomic E-state index is 0. The molecule has 0 radical (unpaired) electrons. The highest BCUT2D eigenvalue weighted by Crippen LogP contribution is 2.18. The second-order valence-electron chi connectivity index (χ2n) is 4.76. The third-order valence-electron chi connectivity index (χ3n) is 3.00. The minimum atomic E-state index is -0.775. The molecule has 0 amide bonds. The maximum absolute atomic E-state index is 11.5. The summed E-state index contributed by atoms with van der Waals surface area (Å²) in [6.07, 6.45) is -0.775. The molecule has 6 nitrogen and oxygen atoms in total. The predicted molar refractivity (Wildman–Crippen MR) is 85.8 cm³/mol. The third-order valence-corrected chi connectivity index (χ3v) is 3.00. The standard InChI is InChI=1S/C15H23NO5.ClH/c1-12(19)14-4-2-3-5-15(14)21-11-13(20)10-16(6-8-17)7-9-18;/h2-5,13,17-18,20H,6-11H2,1H3;1H. The first-order chi connectivity index (χ1) is 10.1. The fourth-order valence-electron chi connectivity index (χ4n) is 2.00. The van der Waals surface area contributed by atoms with Gasteiger partial charge in [-0.1, -0.05) is 12.1 Å². The summed E-state index contributed by atoms with van der Waals surface area (Å²) in [4.78, 5) is 13.2. The fraction of sp³-hybridized carbons (Fsp3) is 0.533. The molecular formula is C15H24ClNO5. The van der Waals surface area contributed by atoms with Crippen LogP contribution in [0, 0.1) is 0 Å². The van der Waals surface area contributed by atoms with Gasteiger partial charge in [-0.05, 0) is 19.1 Å². The summed E-state index contributed by atoms with van der Waals surface area (Å²) in [6, 6.07) is 6.87. The van der Waals surface area contributed by atoms with E-state index in [1.54, 1.807) is 29.2 Å². The van der Waals surface area contributed by atoms with Crippen molar-refractivity contribution >= 4 is 18.2 Å². The van der Waals surface area contributed by atoms with Crippen molar-refractivity contribution in [1.29, 1.82) is 0 Å². The molecule has 126 valence electrons. The van der Waals surface area contributed by atoms with Gasteiger partial charge in [-0.15, -0.1) is 12.4 Å². The van der Waals surface area contributed by atoms with Crippen LogP contribution in [0.3, 0.4) is 0 Å². The van der Waals surface area contributed by atoms with Crippen molar-refractivity contribution in [3.8, 4) is 5.75 Å². The Morgan fingerprint density at radius 3 is 2.36 bits per heavy atom. The van der Waals surface area contributed by atoms with E-state index in [9.17, 15) is 9.90 Å². The van der Waals surface area contributed by atoms with Gasteiger partial charge in [0.25, 0.3) is 0 Å².